The SMILES string of the molecule is CN=C(NCCCNC(=O)OC(C)(C)C)NCC1CCCN(Cc2cccs2)C1. The zero-order chi connectivity index (χ0) is 21.1. The first kappa shape index (κ1) is 23.5. The molecule has 1 aliphatic heterocycles. The molecule has 3 N–H and O–H groups in total. The van der Waals surface area contributed by atoms with E-state index in [1.54, 1.807) is 7.05 Å². The third-order valence-corrected chi connectivity index (χ3v) is 5.52. The molecule has 1 atom stereocenters. The molecule has 1 unspecified atom stereocenters. The largest absolute Gasteiger partial charge is 0.444 e. The minimum Gasteiger partial charge on any atom is -0.444 e. The molecule has 1 amide bonds. The minimum atomic E-state index is -0.466. The van der Waals surface area contributed by atoms with Crippen molar-refractivity contribution in [2.24, 2.45) is 10.9 Å². The van der Waals surface area contributed by atoms with Gasteiger partial charge in [0, 0.05) is 44.6 Å². The molecule has 1 aromatic rings. The van der Waals surface area contributed by atoms with Crippen LogP contribution >= 0.6 is 11.3 Å². The number of likely N-dealkylation sites (tertiary alicyclic amines) is 1. The van der Waals surface area contributed by atoms with E-state index in [1.807, 2.05) is 32.1 Å². The van der Waals surface area contributed by atoms with Gasteiger partial charge < -0.3 is 20.7 Å². The van der Waals surface area contributed by atoms with Crippen LogP contribution in [0.1, 0.15) is 44.9 Å². The molecular formula is C21H37N5O2S. The van der Waals surface area contributed by atoms with E-state index in [9.17, 15) is 4.79 Å². The van der Waals surface area contributed by atoms with Gasteiger partial charge in [-0.05, 0) is 63.9 Å². The summed E-state index contributed by atoms with van der Waals surface area (Å²) >= 11 is 1.84. The lowest BCUT2D eigenvalue weighted by atomic mass is 9.98. The second kappa shape index (κ2) is 12.0. The third kappa shape index (κ3) is 9.99. The predicted octanol–water partition coefficient (Wildman–Crippen LogP) is 3.04. The Morgan fingerprint density at radius 1 is 1.31 bits per heavy atom. The average molecular weight is 424 g/mol. The lowest BCUT2D eigenvalue weighted by Gasteiger charge is -2.32. The van der Waals surface area contributed by atoms with Crippen LogP contribution in [0.3, 0.4) is 0 Å². The highest BCUT2D eigenvalue weighted by atomic mass is 32.1. The normalized spacial score (nSPS) is 18.3. The van der Waals surface area contributed by atoms with Gasteiger partial charge in [-0.2, -0.15) is 0 Å². The molecule has 7 nitrogen and oxygen atoms in total. The van der Waals surface area contributed by atoms with Crippen LogP contribution in [0.2, 0.25) is 0 Å². The molecule has 2 heterocycles. The molecule has 0 radical (unpaired) electrons. The Morgan fingerprint density at radius 2 is 2.10 bits per heavy atom. The summed E-state index contributed by atoms with van der Waals surface area (Å²) in [5.74, 6) is 1.45. The fourth-order valence-electron chi connectivity index (χ4n) is 3.35. The van der Waals surface area contributed by atoms with Crippen LogP contribution in [-0.4, -0.2) is 62.3 Å². The summed E-state index contributed by atoms with van der Waals surface area (Å²) in [5, 5.41) is 11.7. The van der Waals surface area contributed by atoms with Gasteiger partial charge in [0.05, 0.1) is 0 Å². The molecule has 0 spiro atoms. The Hall–Kier alpha value is -1.80. The molecule has 0 aliphatic carbocycles. The number of ether oxygens (including phenoxy) is 1. The van der Waals surface area contributed by atoms with E-state index in [0.717, 1.165) is 38.6 Å². The highest BCUT2D eigenvalue weighted by molar-refractivity contribution is 7.09. The Morgan fingerprint density at radius 3 is 2.79 bits per heavy atom. The van der Waals surface area contributed by atoms with Crippen LogP contribution in [0.25, 0.3) is 0 Å². The van der Waals surface area contributed by atoms with Crippen molar-refractivity contribution in [2.75, 3.05) is 39.8 Å². The fourth-order valence-corrected chi connectivity index (χ4v) is 4.09. The number of guanidine groups is 1. The number of amides is 1. The van der Waals surface area contributed by atoms with Crippen molar-refractivity contribution in [3.63, 3.8) is 0 Å². The van der Waals surface area contributed by atoms with Crippen molar-refractivity contribution in [3.8, 4) is 0 Å². The van der Waals surface area contributed by atoms with E-state index in [0.29, 0.717) is 12.5 Å². The van der Waals surface area contributed by atoms with E-state index in [4.69, 9.17) is 4.74 Å². The number of nitrogens with one attached hydrogen (secondary N) is 3. The number of nitrogens with zero attached hydrogens (tertiary/aromatic N) is 2. The molecule has 0 saturated carbocycles. The van der Waals surface area contributed by atoms with Gasteiger partial charge in [-0.25, -0.2) is 4.79 Å². The number of piperidine rings is 1. The van der Waals surface area contributed by atoms with E-state index >= 15 is 0 Å². The Labute approximate surface area is 179 Å². The van der Waals surface area contributed by atoms with Crippen molar-refractivity contribution in [1.82, 2.24) is 20.9 Å². The number of hydrogen-bond donors (Lipinski definition) is 3. The summed E-state index contributed by atoms with van der Waals surface area (Å²) in [7, 11) is 1.79. The van der Waals surface area contributed by atoms with Crippen molar-refractivity contribution < 1.29 is 9.53 Å². The molecule has 1 fully saturated rings. The molecule has 1 aliphatic rings. The number of aliphatic imine (C=N–C) groups is 1. The van der Waals surface area contributed by atoms with Crippen LogP contribution in [0.5, 0.6) is 0 Å². The Bertz CT molecular complexity index is 628. The average Bonchev–Trinajstić information content (AvgIpc) is 3.16. The van der Waals surface area contributed by atoms with Gasteiger partial charge in [-0.15, -0.1) is 11.3 Å². The molecule has 1 saturated heterocycles. The second-order valence-electron chi connectivity index (χ2n) is 8.48. The van der Waals surface area contributed by atoms with Crippen LogP contribution in [-0.2, 0) is 11.3 Å². The summed E-state index contributed by atoms with van der Waals surface area (Å²) in [5.41, 5.74) is -0.466. The molecule has 2 rings (SSSR count). The molecule has 29 heavy (non-hydrogen) atoms. The van der Waals surface area contributed by atoms with Gasteiger partial charge in [0.25, 0.3) is 0 Å². The van der Waals surface area contributed by atoms with Crippen molar-refractivity contribution in [2.45, 2.75) is 52.2 Å². The number of rotatable bonds is 8. The maximum Gasteiger partial charge on any atom is 0.407 e. The number of hydrogen-bond acceptors (Lipinski definition) is 5. The molecule has 164 valence electrons. The molecule has 0 bridgehead atoms. The number of thiophene rings is 1. The first-order chi connectivity index (χ1) is 13.9. The highest BCUT2D eigenvalue weighted by Gasteiger charge is 2.20. The molecule has 8 heteroatoms. The standard InChI is InChI=1S/C21H37N5O2S/c1-21(2,3)28-20(27)24-11-7-10-23-19(22-4)25-14-17-8-5-12-26(15-17)16-18-9-6-13-29-18/h6,9,13,17H,5,7-8,10-12,14-16H2,1-4H3,(H,24,27)(H2,22,23,25). The quantitative estimate of drug-likeness (QED) is 0.340. The lowest BCUT2D eigenvalue weighted by molar-refractivity contribution is 0.0527. The first-order valence-corrected chi connectivity index (χ1v) is 11.4. The maximum absolute atomic E-state index is 11.6. The second-order valence-corrected chi connectivity index (χ2v) is 9.52. The van der Waals surface area contributed by atoms with Crippen LogP contribution in [0, 0.1) is 5.92 Å². The van der Waals surface area contributed by atoms with E-state index < -0.39 is 5.60 Å². The van der Waals surface area contributed by atoms with Gasteiger partial charge in [-0.3, -0.25) is 9.89 Å². The van der Waals surface area contributed by atoms with Crippen molar-refractivity contribution >= 4 is 23.4 Å². The lowest BCUT2D eigenvalue weighted by Crippen LogP contribution is -2.44. The molecular weight excluding hydrogens is 386 g/mol. The molecule has 0 aromatic carbocycles. The van der Waals surface area contributed by atoms with Crippen molar-refractivity contribution in [1.29, 1.82) is 0 Å². The number of carbonyl (C=O) groups excluding carboxylic acids is 1. The monoisotopic (exact) mass is 423 g/mol. The van der Waals surface area contributed by atoms with Crippen LogP contribution < -0.4 is 16.0 Å². The van der Waals surface area contributed by atoms with Gasteiger partial charge in [0.15, 0.2) is 5.96 Å². The van der Waals surface area contributed by atoms with Gasteiger partial charge in [-0.1, -0.05) is 6.07 Å². The van der Waals surface area contributed by atoms with Gasteiger partial charge in [0.2, 0.25) is 0 Å². The van der Waals surface area contributed by atoms with E-state index in [-0.39, 0.29) is 6.09 Å². The van der Waals surface area contributed by atoms with E-state index in [2.05, 4.69) is 43.4 Å². The van der Waals surface area contributed by atoms with Crippen LogP contribution in [0.4, 0.5) is 4.79 Å². The number of carbonyl (C=O) groups is 1. The summed E-state index contributed by atoms with van der Waals surface area (Å²) in [6.45, 7) is 11.2. The number of alkyl carbamates (subject to hydrolysis) is 1. The minimum absolute atomic E-state index is 0.371. The highest BCUT2D eigenvalue weighted by Crippen LogP contribution is 2.19. The third-order valence-electron chi connectivity index (χ3n) is 4.66. The summed E-state index contributed by atoms with van der Waals surface area (Å²) in [6, 6.07) is 4.34. The Kier molecular flexibility index (Phi) is 9.73. The van der Waals surface area contributed by atoms with E-state index in [1.165, 1.54) is 24.3 Å². The fraction of sp³-hybridized carbons (Fsp3) is 0.714. The first-order valence-electron chi connectivity index (χ1n) is 10.5. The van der Waals surface area contributed by atoms with Gasteiger partial charge >= 0.3 is 6.09 Å². The van der Waals surface area contributed by atoms with Crippen molar-refractivity contribution in [3.05, 3.63) is 22.4 Å². The maximum atomic E-state index is 11.6. The summed E-state index contributed by atoms with van der Waals surface area (Å²) in [4.78, 5) is 19.9. The summed E-state index contributed by atoms with van der Waals surface area (Å²) < 4.78 is 5.22. The van der Waals surface area contributed by atoms with Crippen LogP contribution in [0.15, 0.2) is 22.5 Å². The smallest absolute Gasteiger partial charge is 0.407 e. The summed E-state index contributed by atoms with van der Waals surface area (Å²) in [6.07, 6.45) is 2.94. The Balaban J connectivity index is 1.59. The topological polar surface area (TPSA) is 78.0 Å². The zero-order valence-corrected chi connectivity index (χ0v) is 19.1. The molecule has 1 aromatic heterocycles. The van der Waals surface area contributed by atoms with Gasteiger partial charge in [0.1, 0.15) is 5.60 Å². The zero-order valence-electron chi connectivity index (χ0n) is 18.3. The predicted molar refractivity (Wildman–Crippen MR) is 121 cm³/mol.